The first-order valence-electron chi connectivity index (χ1n) is 5.53. The number of urea groups is 1. The number of rotatable bonds is 4. The Bertz CT molecular complexity index is 203. The van der Waals surface area contributed by atoms with Crippen molar-refractivity contribution in [3.63, 3.8) is 0 Å². The molecule has 0 spiro atoms. The van der Waals surface area contributed by atoms with Gasteiger partial charge in [-0.1, -0.05) is 6.92 Å². The number of hydrogen-bond donors (Lipinski definition) is 3. The summed E-state index contributed by atoms with van der Waals surface area (Å²) in [6.45, 7) is 7.64. The van der Waals surface area contributed by atoms with Crippen molar-refractivity contribution < 1.29 is 9.53 Å². The molecule has 15 heavy (non-hydrogen) atoms. The maximum Gasteiger partial charge on any atom is 0.314 e. The standard InChI is InChI=1S/C10H21N3O2/c1-3-4-12-9(14)13-8-10(2)7-11-5-6-15-10/h11H,3-8H2,1-2H3,(H2,12,13,14). The molecule has 88 valence electrons. The highest BCUT2D eigenvalue weighted by molar-refractivity contribution is 5.73. The van der Waals surface area contributed by atoms with E-state index >= 15 is 0 Å². The molecule has 0 aromatic rings. The second-order valence-corrected chi connectivity index (χ2v) is 4.08. The lowest BCUT2D eigenvalue weighted by Gasteiger charge is -2.34. The molecule has 2 amide bonds. The third-order valence-corrected chi connectivity index (χ3v) is 2.39. The number of nitrogens with one attached hydrogen (secondary N) is 3. The maximum atomic E-state index is 11.3. The van der Waals surface area contributed by atoms with E-state index in [0.717, 1.165) is 19.5 Å². The number of carbonyl (C=O) groups is 1. The zero-order chi connectivity index (χ0) is 11.1. The molecule has 1 aliphatic heterocycles. The normalized spacial score (nSPS) is 26.0. The molecule has 0 bridgehead atoms. The Balaban J connectivity index is 2.19. The van der Waals surface area contributed by atoms with Gasteiger partial charge in [-0.3, -0.25) is 0 Å². The Morgan fingerprint density at radius 1 is 1.53 bits per heavy atom. The summed E-state index contributed by atoms with van der Waals surface area (Å²) in [6, 6.07) is -0.118. The zero-order valence-corrected chi connectivity index (χ0v) is 9.56. The van der Waals surface area contributed by atoms with Gasteiger partial charge in [0.2, 0.25) is 0 Å². The van der Waals surface area contributed by atoms with Gasteiger partial charge >= 0.3 is 6.03 Å². The quantitative estimate of drug-likeness (QED) is 0.622. The highest BCUT2D eigenvalue weighted by Crippen LogP contribution is 2.10. The van der Waals surface area contributed by atoms with E-state index in [1.807, 2.05) is 13.8 Å². The van der Waals surface area contributed by atoms with Crippen LogP contribution in [-0.2, 0) is 4.74 Å². The number of morpholine rings is 1. The number of amides is 2. The predicted molar refractivity (Wildman–Crippen MR) is 58.9 cm³/mol. The lowest BCUT2D eigenvalue weighted by atomic mass is 10.1. The van der Waals surface area contributed by atoms with Gasteiger partial charge in [-0.15, -0.1) is 0 Å². The van der Waals surface area contributed by atoms with Crippen molar-refractivity contribution in [1.29, 1.82) is 0 Å². The summed E-state index contributed by atoms with van der Waals surface area (Å²) in [4.78, 5) is 11.3. The molecule has 1 aliphatic rings. The zero-order valence-electron chi connectivity index (χ0n) is 9.56. The molecule has 0 aromatic heterocycles. The summed E-state index contributed by atoms with van der Waals surface area (Å²) < 4.78 is 5.62. The summed E-state index contributed by atoms with van der Waals surface area (Å²) in [5.41, 5.74) is -0.276. The highest BCUT2D eigenvalue weighted by Gasteiger charge is 2.27. The summed E-state index contributed by atoms with van der Waals surface area (Å²) >= 11 is 0. The maximum absolute atomic E-state index is 11.3. The number of ether oxygens (including phenoxy) is 1. The van der Waals surface area contributed by atoms with E-state index in [0.29, 0.717) is 19.7 Å². The average molecular weight is 215 g/mol. The van der Waals surface area contributed by atoms with E-state index in [1.54, 1.807) is 0 Å². The second kappa shape index (κ2) is 5.92. The van der Waals surface area contributed by atoms with Crippen LogP contribution in [0.2, 0.25) is 0 Å². The highest BCUT2D eigenvalue weighted by atomic mass is 16.5. The van der Waals surface area contributed by atoms with Crippen molar-refractivity contribution in [2.75, 3.05) is 32.8 Å². The first kappa shape index (κ1) is 12.3. The van der Waals surface area contributed by atoms with Gasteiger partial charge in [-0.2, -0.15) is 0 Å². The third kappa shape index (κ3) is 4.48. The van der Waals surface area contributed by atoms with Crippen LogP contribution in [0.3, 0.4) is 0 Å². The van der Waals surface area contributed by atoms with E-state index in [2.05, 4.69) is 16.0 Å². The molecule has 1 rings (SSSR count). The van der Waals surface area contributed by atoms with E-state index in [4.69, 9.17) is 4.74 Å². The van der Waals surface area contributed by atoms with Crippen LogP contribution in [0.15, 0.2) is 0 Å². The lowest BCUT2D eigenvalue weighted by Crippen LogP contribution is -2.55. The fraction of sp³-hybridized carbons (Fsp3) is 0.900. The number of carbonyl (C=O) groups excluding carboxylic acids is 1. The molecule has 0 aromatic carbocycles. The van der Waals surface area contributed by atoms with Gasteiger partial charge in [0.25, 0.3) is 0 Å². The van der Waals surface area contributed by atoms with Gasteiger partial charge in [-0.05, 0) is 13.3 Å². The Morgan fingerprint density at radius 2 is 2.33 bits per heavy atom. The van der Waals surface area contributed by atoms with Crippen molar-refractivity contribution in [3.05, 3.63) is 0 Å². The van der Waals surface area contributed by atoms with Crippen LogP contribution >= 0.6 is 0 Å². The van der Waals surface area contributed by atoms with Crippen molar-refractivity contribution in [1.82, 2.24) is 16.0 Å². The van der Waals surface area contributed by atoms with Gasteiger partial charge in [0.1, 0.15) is 0 Å². The molecule has 1 unspecified atom stereocenters. The van der Waals surface area contributed by atoms with Gasteiger partial charge < -0.3 is 20.7 Å². The molecule has 5 nitrogen and oxygen atoms in total. The fourth-order valence-electron chi connectivity index (χ4n) is 1.46. The largest absolute Gasteiger partial charge is 0.371 e. The minimum absolute atomic E-state index is 0.118. The molecule has 5 heteroatoms. The van der Waals surface area contributed by atoms with Gasteiger partial charge in [-0.25, -0.2) is 4.79 Å². The minimum atomic E-state index is -0.276. The predicted octanol–water partition coefficient (Wildman–Crippen LogP) is 0.0741. The Morgan fingerprint density at radius 3 is 2.93 bits per heavy atom. The van der Waals surface area contributed by atoms with Crippen LogP contribution in [0.5, 0.6) is 0 Å². The van der Waals surface area contributed by atoms with E-state index in [9.17, 15) is 4.79 Å². The molecule has 1 atom stereocenters. The van der Waals surface area contributed by atoms with Crippen LogP contribution < -0.4 is 16.0 Å². The monoisotopic (exact) mass is 215 g/mol. The molecular weight excluding hydrogens is 194 g/mol. The molecule has 1 saturated heterocycles. The minimum Gasteiger partial charge on any atom is -0.371 e. The smallest absolute Gasteiger partial charge is 0.314 e. The van der Waals surface area contributed by atoms with Crippen molar-refractivity contribution >= 4 is 6.03 Å². The van der Waals surface area contributed by atoms with Gasteiger partial charge in [0.05, 0.1) is 12.2 Å². The van der Waals surface area contributed by atoms with Crippen LogP contribution in [-0.4, -0.2) is 44.4 Å². The summed E-state index contributed by atoms with van der Waals surface area (Å²) in [7, 11) is 0. The lowest BCUT2D eigenvalue weighted by molar-refractivity contribution is -0.0489. The molecule has 0 aliphatic carbocycles. The summed E-state index contributed by atoms with van der Waals surface area (Å²) in [6.07, 6.45) is 0.947. The second-order valence-electron chi connectivity index (χ2n) is 4.08. The Kier molecular flexibility index (Phi) is 4.84. The number of hydrogen-bond acceptors (Lipinski definition) is 3. The van der Waals surface area contributed by atoms with Crippen molar-refractivity contribution in [2.45, 2.75) is 25.9 Å². The Hall–Kier alpha value is -0.810. The summed E-state index contributed by atoms with van der Waals surface area (Å²) in [5.74, 6) is 0. The average Bonchev–Trinajstić information content (AvgIpc) is 2.25. The molecular formula is C10H21N3O2. The molecule has 3 N–H and O–H groups in total. The SMILES string of the molecule is CCCNC(=O)NCC1(C)CNCCO1. The molecule has 1 heterocycles. The molecule has 0 saturated carbocycles. The molecule has 1 fully saturated rings. The molecule has 0 radical (unpaired) electrons. The van der Waals surface area contributed by atoms with Crippen LogP contribution in [0.1, 0.15) is 20.3 Å². The first-order valence-corrected chi connectivity index (χ1v) is 5.53. The Labute approximate surface area is 90.9 Å². The first-order chi connectivity index (χ1) is 7.16. The summed E-state index contributed by atoms with van der Waals surface area (Å²) in [5, 5.41) is 8.82. The fourth-order valence-corrected chi connectivity index (χ4v) is 1.46. The van der Waals surface area contributed by atoms with Crippen LogP contribution in [0.25, 0.3) is 0 Å². The van der Waals surface area contributed by atoms with Gasteiger partial charge in [0, 0.05) is 26.2 Å². The van der Waals surface area contributed by atoms with E-state index in [-0.39, 0.29) is 11.6 Å². The van der Waals surface area contributed by atoms with Crippen LogP contribution in [0.4, 0.5) is 4.79 Å². The van der Waals surface area contributed by atoms with Gasteiger partial charge in [0.15, 0.2) is 0 Å². The van der Waals surface area contributed by atoms with E-state index in [1.165, 1.54) is 0 Å². The third-order valence-electron chi connectivity index (χ3n) is 2.39. The van der Waals surface area contributed by atoms with E-state index < -0.39 is 0 Å². The van der Waals surface area contributed by atoms with Crippen molar-refractivity contribution in [2.24, 2.45) is 0 Å². The van der Waals surface area contributed by atoms with Crippen LogP contribution in [0, 0.1) is 0 Å². The topological polar surface area (TPSA) is 62.4 Å². The van der Waals surface area contributed by atoms with Crippen molar-refractivity contribution in [3.8, 4) is 0 Å².